The molecule has 1 N–H and O–H groups in total. The van der Waals surface area contributed by atoms with E-state index in [1.165, 1.54) is 17.3 Å². The fourth-order valence-corrected chi connectivity index (χ4v) is 2.91. The van der Waals surface area contributed by atoms with Gasteiger partial charge in [-0.3, -0.25) is 4.79 Å². The molecule has 0 bridgehead atoms. The Morgan fingerprint density at radius 2 is 1.88 bits per heavy atom. The number of amides is 1. The first-order valence-corrected chi connectivity index (χ1v) is 8.80. The molecule has 4 nitrogen and oxygen atoms in total. The Morgan fingerprint density at radius 1 is 1.12 bits per heavy atom. The molecule has 0 spiro atoms. The number of ether oxygens (including phenoxy) is 2. The van der Waals surface area contributed by atoms with E-state index >= 15 is 0 Å². The second-order valence-corrected chi connectivity index (χ2v) is 6.48. The number of rotatable bonds is 8. The minimum Gasteiger partial charge on any atom is -0.497 e. The summed E-state index contributed by atoms with van der Waals surface area (Å²) in [4.78, 5) is 12.9. The molecule has 0 aromatic heterocycles. The molecule has 0 radical (unpaired) electrons. The van der Waals surface area contributed by atoms with E-state index in [1.807, 2.05) is 43.3 Å². The highest BCUT2D eigenvalue weighted by atomic mass is 32.2. The summed E-state index contributed by atoms with van der Waals surface area (Å²) in [5.41, 5.74) is 2.32. The SMILES string of the molecule is COc1ccc(SCC(=O)NCCOc2ccc(C)cc2C)cc1. The molecule has 0 fully saturated rings. The van der Waals surface area contributed by atoms with Crippen LogP contribution < -0.4 is 14.8 Å². The van der Waals surface area contributed by atoms with E-state index in [0.29, 0.717) is 18.9 Å². The molecular weight excluding hydrogens is 322 g/mol. The molecule has 0 heterocycles. The van der Waals surface area contributed by atoms with Crippen LogP contribution >= 0.6 is 11.8 Å². The number of benzene rings is 2. The largest absolute Gasteiger partial charge is 0.497 e. The van der Waals surface area contributed by atoms with Crippen molar-refractivity contribution in [3.8, 4) is 11.5 Å². The minimum absolute atomic E-state index is 0.0000427. The molecule has 5 heteroatoms. The average molecular weight is 345 g/mol. The maximum absolute atomic E-state index is 11.9. The first-order chi connectivity index (χ1) is 11.6. The summed E-state index contributed by atoms with van der Waals surface area (Å²) in [6, 6.07) is 13.7. The van der Waals surface area contributed by atoms with E-state index in [2.05, 4.69) is 18.3 Å². The van der Waals surface area contributed by atoms with Crippen molar-refractivity contribution >= 4 is 17.7 Å². The summed E-state index contributed by atoms with van der Waals surface area (Å²) in [5.74, 6) is 2.06. The lowest BCUT2D eigenvalue weighted by atomic mass is 10.1. The molecular formula is C19H23NO3S. The zero-order valence-electron chi connectivity index (χ0n) is 14.3. The first-order valence-electron chi connectivity index (χ1n) is 7.82. The Hall–Kier alpha value is -2.14. The van der Waals surface area contributed by atoms with Crippen LogP contribution in [0.15, 0.2) is 47.4 Å². The van der Waals surface area contributed by atoms with Gasteiger partial charge in [-0.25, -0.2) is 0 Å². The number of nitrogens with one attached hydrogen (secondary N) is 1. The second kappa shape index (κ2) is 9.23. The van der Waals surface area contributed by atoms with Crippen molar-refractivity contribution in [3.05, 3.63) is 53.6 Å². The Labute approximate surface area is 147 Å². The van der Waals surface area contributed by atoms with Crippen LogP contribution in [0, 0.1) is 13.8 Å². The summed E-state index contributed by atoms with van der Waals surface area (Å²) in [6.45, 7) is 5.03. The number of methoxy groups -OCH3 is 1. The van der Waals surface area contributed by atoms with Gasteiger partial charge in [-0.2, -0.15) is 0 Å². The third-order valence-corrected chi connectivity index (χ3v) is 4.45. The molecule has 24 heavy (non-hydrogen) atoms. The lowest BCUT2D eigenvalue weighted by Crippen LogP contribution is -2.29. The summed E-state index contributed by atoms with van der Waals surface area (Å²) < 4.78 is 10.8. The van der Waals surface area contributed by atoms with Crippen LogP contribution in [-0.2, 0) is 4.79 Å². The van der Waals surface area contributed by atoms with E-state index < -0.39 is 0 Å². The summed E-state index contributed by atoms with van der Waals surface area (Å²) in [7, 11) is 1.63. The Morgan fingerprint density at radius 3 is 2.54 bits per heavy atom. The summed E-state index contributed by atoms with van der Waals surface area (Å²) >= 11 is 1.50. The van der Waals surface area contributed by atoms with Crippen LogP contribution in [0.2, 0.25) is 0 Å². The summed E-state index contributed by atoms with van der Waals surface area (Å²) in [5, 5.41) is 2.87. The van der Waals surface area contributed by atoms with Crippen molar-refractivity contribution in [2.45, 2.75) is 18.7 Å². The van der Waals surface area contributed by atoms with Crippen molar-refractivity contribution in [1.82, 2.24) is 5.32 Å². The zero-order chi connectivity index (χ0) is 17.4. The van der Waals surface area contributed by atoms with Crippen molar-refractivity contribution in [2.24, 2.45) is 0 Å². The second-order valence-electron chi connectivity index (χ2n) is 5.43. The highest BCUT2D eigenvalue weighted by molar-refractivity contribution is 8.00. The molecule has 2 rings (SSSR count). The van der Waals surface area contributed by atoms with Crippen molar-refractivity contribution in [3.63, 3.8) is 0 Å². The lowest BCUT2D eigenvalue weighted by molar-refractivity contribution is -0.118. The van der Waals surface area contributed by atoms with Gasteiger partial charge in [0.15, 0.2) is 0 Å². The van der Waals surface area contributed by atoms with Gasteiger partial charge in [0, 0.05) is 4.90 Å². The van der Waals surface area contributed by atoms with Gasteiger partial charge in [-0.05, 0) is 49.7 Å². The van der Waals surface area contributed by atoms with E-state index in [1.54, 1.807) is 7.11 Å². The number of hydrogen-bond acceptors (Lipinski definition) is 4. The van der Waals surface area contributed by atoms with E-state index in [-0.39, 0.29) is 5.91 Å². The number of thioether (sulfide) groups is 1. The smallest absolute Gasteiger partial charge is 0.230 e. The fraction of sp³-hybridized carbons (Fsp3) is 0.316. The standard InChI is InChI=1S/C19H23NO3S/c1-14-4-9-18(15(2)12-14)23-11-10-20-19(21)13-24-17-7-5-16(22-3)6-8-17/h4-9,12H,10-11,13H2,1-3H3,(H,20,21). The van der Waals surface area contributed by atoms with Gasteiger partial charge in [0.2, 0.25) is 5.91 Å². The van der Waals surface area contributed by atoms with Crippen LogP contribution in [0.5, 0.6) is 11.5 Å². The third-order valence-electron chi connectivity index (χ3n) is 3.44. The monoisotopic (exact) mass is 345 g/mol. The maximum atomic E-state index is 11.9. The Balaban J connectivity index is 1.65. The summed E-state index contributed by atoms with van der Waals surface area (Å²) in [6.07, 6.45) is 0. The van der Waals surface area contributed by atoms with Crippen molar-refractivity contribution in [1.29, 1.82) is 0 Å². The average Bonchev–Trinajstić information content (AvgIpc) is 2.59. The van der Waals surface area contributed by atoms with Crippen LogP contribution in [0.1, 0.15) is 11.1 Å². The van der Waals surface area contributed by atoms with Crippen molar-refractivity contribution in [2.75, 3.05) is 26.0 Å². The van der Waals surface area contributed by atoms with E-state index in [4.69, 9.17) is 9.47 Å². The molecule has 0 aliphatic heterocycles. The molecule has 0 saturated carbocycles. The quantitative estimate of drug-likeness (QED) is 0.587. The van der Waals surface area contributed by atoms with Crippen LogP contribution in [-0.4, -0.2) is 31.9 Å². The maximum Gasteiger partial charge on any atom is 0.230 e. The Bertz CT molecular complexity index is 671. The molecule has 0 unspecified atom stereocenters. The van der Waals surface area contributed by atoms with Gasteiger partial charge in [0.25, 0.3) is 0 Å². The first kappa shape index (κ1) is 18.2. The molecule has 128 valence electrons. The predicted octanol–water partition coefficient (Wildman–Crippen LogP) is 3.60. The van der Waals surface area contributed by atoms with Crippen LogP contribution in [0.25, 0.3) is 0 Å². The number of carbonyl (C=O) groups excluding carboxylic acids is 1. The number of carbonyl (C=O) groups is 1. The highest BCUT2D eigenvalue weighted by Crippen LogP contribution is 2.21. The molecule has 2 aromatic carbocycles. The van der Waals surface area contributed by atoms with E-state index in [0.717, 1.165) is 22.0 Å². The molecule has 0 aliphatic carbocycles. The molecule has 1 amide bonds. The third kappa shape index (κ3) is 5.81. The van der Waals surface area contributed by atoms with Gasteiger partial charge >= 0.3 is 0 Å². The fourth-order valence-electron chi connectivity index (χ4n) is 2.18. The zero-order valence-corrected chi connectivity index (χ0v) is 15.1. The van der Waals surface area contributed by atoms with Gasteiger partial charge in [0.05, 0.1) is 19.4 Å². The Kier molecular flexibility index (Phi) is 7.00. The normalized spacial score (nSPS) is 10.3. The van der Waals surface area contributed by atoms with Gasteiger partial charge in [-0.1, -0.05) is 17.7 Å². The van der Waals surface area contributed by atoms with Gasteiger partial charge in [0.1, 0.15) is 18.1 Å². The predicted molar refractivity (Wildman–Crippen MR) is 98.1 cm³/mol. The van der Waals surface area contributed by atoms with Crippen LogP contribution in [0.3, 0.4) is 0 Å². The number of hydrogen-bond donors (Lipinski definition) is 1. The number of aryl methyl sites for hydroxylation is 2. The topological polar surface area (TPSA) is 47.6 Å². The molecule has 0 aliphatic rings. The van der Waals surface area contributed by atoms with Crippen LogP contribution in [0.4, 0.5) is 0 Å². The van der Waals surface area contributed by atoms with Gasteiger partial charge in [-0.15, -0.1) is 11.8 Å². The van der Waals surface area contributed by atoms with Crippen molar-refractivity contribution < 1.29 is 14.3 Å². The highest BCUT2D eigenvalue weighted by Gasteiger charge is 2.04. The van der Waals surface area contributed by atoms with E-state index in [9.17, 15) is 4.79 Å². The molecule has 2 aromatic rings. The lowest BCUT2D eigenvalue weighted by Gasteiger charge is -2.10. The minimum atomic E-state index is 0.0000427. The van der Waals surface area contributed by atoms with Gasteiger partial charge < -0.3 is 14.8 Å². The molecule has 0 saturated heterocycles. The molecule has 0 atom stereocenters.